The Kier molecular flexibility index (Phi) is 3.93. The Balaban J connectivity index is 2.07. The smallest absolute Gasteiger partial charge is 0.129 e. The lowest BCUT2D eigenvalue weighted by Gasteiger charge is -2.10. The highest BCUT2D eigenvalue weighted by molar-refractivity contribution is 6.30. The number of para-hydroxylation sites is 2. The summed E-state index contributed by atoms with van der Waals surface area (Å²) in [5.41, 5.74) is 2.62. The number of benzene rings is 2. The fourth-order valence-electron chi connectivity index (χ4n) is 2.54. The Hall–Kier alpha value is -1.87. The minimum Gasteiger partial charge on any atom is -0.323 e. The second-order valence-electron chi connectivity index (χ2n) is 5.09. The molecule has 0 bridgehead atoms. The van der Waals surface area contributed by atoms with E-state index in [0.29, 0.717) is 17.1 Å². The molecule has 1 heterocycles. The first-order chi connectivity index (χ1) is 10.2. The van der Waals surface area contributed by atoms with Gasteiger partial charge in [0.05, 0.1) is 17.6 Å². The maximum atomic E-state index is 14.0. The summed E-state index contributed by atoms with van der Waals surface area (Å²) in [6.45, 7) is 2.59. The highest BCUT2D eigenvalue weighted by Crippen LogP contribution is 2.21. The lowest BCUT2D eigenvalue weighted by molar-refractivity contribution is 0.596. The van der Waals surface area contributed by atoms with Crippen LogP contribution in [0.25, 0.3) is 11.0 Å². The van der Waals surface area contributed by atoms with Gasteiger partial charge in [0.2, 0.25) is 0 Å². The van der Waals surface area contributed by atoms with Crippen molar-refractivity contribution in [1.29, 1.82) is 0 Å². The number of aryl methyl sites for hydroxylation is 1. The van der Waals surface area contributed by atoms with Gasteiger partial charge in [-0.25, -0.2) is 9.37 Å². The largest absolute Gasteiger partial charge is 0.323 e. The summed E-state index contributed by atoms with van der Waals surface area (Å²) in [6, 6.07) is 12.8. The molecule has 0 atom stereocenters. The van der Waals surface area contributed by atoms with E-state index in [-0.39, 0.29) is 5.82 Å². The second-order valence-corrected chi connectivity index (χ2v) is 5.53. The zero-order valence-electron chi connectivity index (χ0n) is 11.8. The number of hydrogen-bond donors (Lipinski definition) is 0. The maximum absolute atomic E-state index is 14.0. The van der Waals surface area contributed by atoms with Gasteiger partial charge in [-0.15, -0.1) is 0 Å². The molecule has 0 aliphatic carbocycles. The molecule has 0 fully saturated rings. The summed E-state index contributed by atoms with van der Waals surface area (Å²) < 4.78 is 16.1. The van der Waals surface area contributed by atoms with Crippen LogP contribution in [-0.2, 0) is 13.0 Å². The van der Waals surface area contributed by atoms with Gasteiger partial charge in [-0.2, -0.15) is 0 Å². The fraction of sp³-hybridized carbons (Fsp3) is 0.235. The minimum absolute atomic E-state index is 0.275. The van der Waals surface area contributed by atoms with Gasteiger partial charge in [-0.1, -0.05) is 36.7 Å². The molecule has 2 aromatic carbocycles. The summed E-state index contributed by atoms with van der Waals surface area (Å²) in [4.78, 5) is 4.66. The Morgan fingerprint density at radius 3 is 2.76 bits per heavy atom. The van der Waals surface area contributed by atoms with Crippen molar-refractivity contribution in [3.05, 3.63) is 64.7 Å². The van der Waals surface area contributed by atoms with Gasteiger partial charge in [-0.05, 0) is 30.7 Å². The van der Waals surface area contributed by atoms with Crippen LogP contribution in [0.4, 0.5) is 4.39 Å². The molecule has 2 nitrogen and oxygen atoms in total. The summed E-state index contributed by atoms with van der Waals surface area (Å²) in [5, 5.41) is 0.417. The van der Waals surface area contributed by atoms with Gasteiger partial charge in [0.1, 0.15) is 11.6 Å². The van der Waals surface area contributed by atoms with Crippen LogP contribution in [0.3, 0.4) is 0 Å². The topological polar surface area (TPSA) is 17.8 Å². The summed E-state index contributed by atoms with van der Waals surface area (Å²) in [6.07, 6.45) is 1.89. The summed E-state index contributed by atoms with van der Waals surface area (Å²) in [5.74, 6) is 0.718. The predicted molar refractivity (Wildman–Crippen MR) is 84.2 cm³/mol. The molecule has 108 valence electrons. The molecule has 0 aliphatic heterocycles. The van der Waals surface area contributed by atoms with Crippen molar-refractivity contribution in [2.24, 2.45) is 0 Å². The summed E-state index contributed by atoms with van der Waals surface area (Å²) in [7, 11) is 0. The van der Waals surface area contributed by atoms with Crippen LogP contribution < -0.4 is 0 Å². The van der Waals surface area contributed by atoms with Crippen molar-refractivity contribution in [1.82, 2.24) is 9.55 Å². The van der Waals surface area contributed by atoms with Crippen molar-refractivity contribution in [2.45, 2.75) is 26.3 Å². The molecule has 0 spiro atoms. The molecule has 0 N–H and O–H groups in total. The zero-order valence-corrected chi connectivity index (χ0v) is 12.6. The molecule has 4 heteroatoms. The molecule has 0 unspecified atom stereocenters. The van der Waals surface area contributed by atoms with Crippen LogP contribution in [0.1, 0.15) is 24.7 Å². The Labute approximate surface area is 128 Å². The Morgan fingerprint density at radius 2 is 2.00 bits per heavy atom. The Morgan fingerprint density at radius 1 is 1.19 bits per heavy atom. The van der Waals surface area contributed by atoms with Crippen LogP contribution >= 0.6 is 11.6 Å². The Bertz CT molecular complexity index is 780. The lowest BCUT2D eigenvalue weighted by atomic mass is 10.2. The van der Waals surface area contributed by atoms with Gasteiger partial charge < -0.3 is 4.57 Å². The van der Waals surface area contributed by atoms with Gasteiger partial charge in [0, 0.05) is 17.0 Å². The number of hydrogen-bond acceptors (Lipinski definition) is 1. The molecule has 1 aromatic heterocycles. The van der Waals surface area contributed by atoms with Crippen molar-refractivity contribution in [3.8, 4) is 0 Å². The van der Waals surface area contributed by atoms with Crippen LogP contribution in [0, 0.1) is 5.82 Å². The van der Waals surface area contributed by atoms with E-state index in [2.05, 4.69) is 16.5 Å². The van der Waals surface area contributed by atoms with Crippen LogP contribution in [-0.4, -0.2) is 9.55 Å². The first kappa shape index (κ1) is 14.1. The molecule has 3 rings (SSSR count). The SMILES string of the molecule is CCCc1nc2ccccc2n1Cc1ccc(Cl)cc1F. The average Bonchev–Trinajstić information content (AvgIpc) is 2.80. The number of halogens is 2. The summed E-state index contributed by atoms with van der Waals surface area (Å²) >= 11 is 5.82. The lowest BCUT2D eigenvalue weighted by Crippen LogP contribution is -2.06. The average molecular weight is 303 g/mol. The van der Waals surface area contributed by atoms with E-state index in [1.165, 1.54) is 6.07 Å². The molecular formula is C17H16ClFN2. The molecule has 0 radical (unpaired) electrons. The molecule has 21 heavy (non-hydrogen) atoms. The standard InChI is InChI=1S/C17H16ClFN2/c1-2-5-17-20-15-6-3-4-7-16(15)21(17)11-12-8-9-13(18)10-14(12)19/h3-4,6-10H,2,5,11H2,1H3. The van der Waals surface area contributed by atoms with E-state index in [1.807, 2.05) is 24.3 Å². The van der Waals surface area contributed by atoms with Crippen molar-refractivity contribution in [3.63, 3.8) is 0 Å². The first-order valence-corrected chi connectivity index (χ1v) is 7.45. The van der Waals surface area contributed by atoms with Crippen molar-refractivity contribution in [2.75, 3.05) is 0 Å². The van der Waals surface area contributed by atoms with E-state index in [9.17, 15) is 4.39 Å². The van der Waals surface area contributed by atoms with Crippen molar-refractivity contribution >= 4 is 22.6 Å². The third-order valence-corrected chi connectivity index (χ3v) is 3.79. The number of rotatable bonds is 4. The highest BCUT2D eigenvalue weighted by Gasteiger charge is 2.12. The van der Waals surface area contributed by atoms with Crippen molar-refractivity contribution < 1.29 is 4.39 Å². The third-order valence-electron chi connectivity index (χ3n) is 3.55. The first-order valence-electron chi connectivity index (χ1n) is 7.07. The van der Waals surface area contributed by atoms with E-state index >= 15 is 0 Å². The highest BCUT2D eigenvalue weighted by atomic mass is 35.5. The number of nitrogens with zero attached hydrogens (tertiary/aromatic N) is 2. The minimum atomic E-state index is -0.275. The van der Waals surface area contributed by atoms with E-state index < -0.39 is 0 Å². The van der Waals surface area contributed by atoms with Gasteiger partial charge >= 0.3 is 0 Å². The number of fused-ring (bicyclic) bond motifs is 1. The normalized spacial score (nSPS) is 11.2. The van der Waals surface area contributed by atoms with E-state index in [0.717, 1.165) is 29.7 Å². The number of imidazole rings is 1. The van der Waals surface area contributed by atoms with Crippen LogP contribution in [0.15, 0.2) is 42.5 Å². The molecule has 3 aromatic rings. The van der Waals surface area contributed by atoms with Gasteiger partial charge in [0.15, 0.2) is 0 Å². The quantitative estimate of drug-likeness (QED) is 0.675. The monoisotopic (exact) mass is 302 g/mol. The van der Waals surface area contributed by atoms with E-state index in [1.54, 1.807) is 12.1 Å². The molecule has 0 aliphatic rings. The second kappa shape index (κ2) is 5.86. The van der Waals surface area contributed by atoms with Gasteiger partial charge in [-0.3, -0.25) is 0 Å². The zero-order chi connectivity index (χ0) is 14.8. The molecule has 0 amide bonds. The third kappa shape index (κ3) is 2.79. The molecular weight excluding hydrogens is 287 g/mol. The number of aromatic nitrogens is 2. The maximum Gasteiger partial charge on any atom is 0.129 e. The molecule has 0 saturated carbocycles. The fourth-order valence-corrected chi connectivity index (χ4v) is 2.70. The van der Waals surface area contributed by atoms with Crippen LogP contribution in [0.2, 0.25) is 5.02 Å². The van der Waals surface area contributed by atoms with E-state index in [4.69, 9.17) is 11.6 Å². The van der Waals surface area contributed by atoms with Gasteiger partial charge in [0.25, 0.3) is 0 Å². The van der Waals surface area contributed by atoms with Crippen LogP contribution in [0.5, 0.6) is 0 Å². The predicted octanol–water partition coefficient (Wildman–Crippen LogP) is 4.83. The molecule has 0 saturated heterocycles.